The van der Waals surface area contributed by atoms with Crippen molar-refractivity contribution in [3.05, 3.63) is 59.8 Å². The van der Waals surface area contributed by atoms with Crippen LogP contribution in [0, 0.1) is 5.92 Å². The molecule has 2 aromatic rings. The molecule has 1 aliphatic rings. The van der Waals surface area contributed by atoms with Gasteiger partial charge in [-0.15, -0.1) is 0 Å². The van der Waals surface area contributed by atoms with Crippen molar-refractivity contribution in [3.63, 3.8) is 0 Å². The molecule has 1 aliphatic heterocycles. The number of aromatic nitrogens is 1. The molecular formula is C20H23N3O3. The number of methoxy groups -OCH3 is 1. The highest BCUT2D eigenvalue weighted by Crippen LogP contribution is 2.22. The Kier molecular flexibility index (Phi) is 5.84. The molecule has 0 aliphatic carbocycles. The van der Waals surface area contributed by atoms with Crippen molar-refractivity contribution in [2.75, 3.05) is 20.2 Å². The number of Topliss-reactive ketones (excluding diaryl/α,β-unsaturated/α-hetero) is 1. The SMILES string of the molecule is COc1cc(CNC(=O)N2CCC(C(=O)c3ccccc3)CC2)ccn1. The number of ether oxygens (including phenoxy) is 1. The molecule has 1 aromatic carbocycles. The molecule has 0 unspecified atom stereocenters. The van der Waals surface area contributed by atoms with Gasteiger partial charge in [0.05, 0.1) is 7.11 Å². The van der Waals surface area contributed by atoms with Gasteiger partial charge in [0.25, 0.3) is 0 Å². The summed E-state index contributed by atoms with van der Waals surface area (Å²) in [6.07, 6.45) is 3.05. The predicted octanol–water partition coefficient (Wildman–Crippen LogP) is 2.89. The Bertz CT molecular complexity index is 756. The second kappa shape index (κ2) is 8.47. The summed E-state index contributed by atoms with van der Waals surface area (Å²) in [7, 11) is 1.56. The third-order valence-electron chi connectivity index (χ3n) is 4.66. The molecular weight excluding hydrogens is 330 g/mol. The summed E-state index contributed by atoms with van der Waals surface area (Å²) in [5.41, 5.74) is 1.68. The molecule has 1 N–H and O–H groups in total. The number of pyridine rings is 1. The number of nitrogens with one attached hydrogen (secondary N) is 1. The van der Waals surface area contributed by atoms with Crippen molar-refractivity contribution >= 4 is 11.8 Å². The lowest BCUT2D eigenvalue weighted by molar-refractivity contribution is 0.0854. The molecule has 2 heterocycles. The van der Waals surface area contributed by atoms with Crippen LogP contribution in [0.3, 0.4) is 0 Å². The number of urea groups is 1. The second-order valence-corrected chi connectivity index (χ2v) is 6.36. The van der Waals surface area contributed by atoms with E-state index in [2.05, 4.69) is 10.3 Å². The van der Waals surface area contributed by atoms with Crippen molar-refractivity contribution in [3.8, 4) is 5.88 Å². The largest absolute Gasteiger partial charge is 0.481 e. The number of piperidine rings is 1. The maximum absolute atomic E-state index is 12.5. The van der Waals surface area contributed by atoms with Crippen molar-refractivity contribution in [2.24, 2.45) is 5.92 Å². The number of carbonyl (C=O) groups excluding carboxylic acids is 2. The highest BCUT2D eigenvalue weighted by Gasteiger charge is 2.27. The third-order valence-corrected chi connectivity index (χ3v) is 4.66. The molecule has 26 heavy (non-hydrogen) atoms. The summed E-state index contributed by atoms with van der Waals surface area (Å²) in [6.45, 7) is 1.60. The number of nitrogens with zero attached hydrogens (tertiary/aromatic N) is 2. The van der Waals surface area contributed by atoms with Gasteiger partial charge in [-0.05, 0) is 24.5 Å². The highest BCUT2D eigenvalue weighted by atomic mass is 16.5. The average molecular weight is 353 g/mol. The third kappa shape index (κ3) is 4.39. The first-order valence-electron chi connectivity index (χ1n) is 8.78. The molecule has 0 spiro atoms. The summed E-state index contributed by atoms with van der Waals surface area (Å²) in [6, 6.07) is 12.9. The summed E-state index contributed by atoms with van der Waals surface area (Å²) in [5, 5.41) is 2.91. The van der Waals surface area contributed by atoms with E-state index in [4.69, 9.17) is 4.74 Å². The van der Waals surface area contributed by atoms with Crippen LogP contribution in [0.2, 0.25) is 0 Å². The zero-order valence-corrected chi connectivity index (χ0v) is 14.9. The van der Waals surface area contributed by atoms with Crippen molar-refractivity contribution in [1.82, 2.24) is 15.2 Å². The smallest absolute Gasteiger partial charge is 0.317 e. The van der Waals surface area contributed by atoms with Gasteiger partial charge in [-0.1, -0.05) is 30.3 Å². The minimum Gasteiger partial charge on any atom is -0.481 e. The molecule has 1 saturated heterocycles. The number of benzene rings is 1. The first-order chi connectivity index (χ1) is 12.7. The van der Waals surface area contributed by atoms with E-state index < -0.39 is 0 Å². The van der Waals surface area contributed by atoms with Gasteiger partial charge in [0.2, 0.25) is 5.88 Å². The minimum atomic E-state index is -0.105. The highest BCUT2D eigenvalue weighted by molar-refractivity contribution is 5.97. The van der Waals surface area contributed by atoms with E-state index in [1.807, 2.05) is 36.4 Å². The number of carbonyl (C=O) groups is 2. The lowest BCUT2D eigenvalue weighted by Crippen LogP contribution is -2.45. The zero-order chi connectivity index (χ0) is 18.4. The van der Waals surface area contributed by atoms with Crippen LogP contribution in [0.25, 0.3) is 0 Å². The predicted molar refractivity (Wildman–Crippen MR) is 98.1 cm³/mol. The summed E-state index contributed by atoms with van der Waals surface area (Å²) in [4.78, 5) is 30.7. The van der Waals surface area contributed by atoms with E-state index in [1.54, 1.807) is 24.3 Å². The van der Waals surface area contributed by atoms with Crippen LogP contribution in [-0.4, -0.2) is 41.9 Å². The van der Waals surface area contributed by atoms with Crippen LogP contribution < -0.4 is 10.1 Å². The van der Waals surface area contributed by atoms with E-state index in [0.717, 1.165) is 11.1 Å². The summed E-state index contributed by atoms with van der Waals surface area (Å²) < 4.78 is 5.08. The van der Waals surface area contributed by atoms with E-state index in [0.29, 0.717) is 38.4 Å². The monoisotopic (exact) mass is 353 g/mol. The average Bonchev–Trinajstić information content (AvgIpc) is 2.72. The van der Waals surface area contributed by atoms with Crippen LogP contribution in [0.4, 0.5) is 4.79 Å². The van der Waals surface area contributed by atoms with Crippen LogP contribution in [0.1, 0.15) is 28.8 Å². The van der Waals surface area contributed by atoms with Gasteiger partial charge in [0.1, 0.15) is 0 Å². The van der Waals surface area contributed by atoms with Crippen molar-refractivity contribution in [2.45, 2.75) is 19.4 Å². The van der Waals surface area contributed by atoms with Crippen LogP contribution in [0.5, 0.6) is 5.88 Å². The molecule has 2 amide bonds. The fraction of sp³-hybridized carbons (Fsp3) is 0.350. The molecule has 6 nitrogen and oxygen atoms in total. The Labute approximate surface area is 153 Å². The summed E-state index contributed by atoms with van der Waals surface area (Å²) in [5.74, 6) is 0.692. The maximum Gasteiger partial charge on any atom is 0.317 e. The first-order valence-corrected chi connectivity index (χ1v) is 8.78. The molecule has 1 fully saturated rings. The second-order valence-electron chi connectivity index (χ2n) is 6.36. The van der Waals surface area contributed by atoms with Crippen LogP contribution >= 0.6 is 0 Å². The number of ketones is 1. The number of amides is 2. The molecule has 0 saturated carbocycles. The van der Waals surface area contributed by atoms with Gasteiger partial charge < -0.3 is 15.0 Å². The van der Waals surface area contributed by atoms with Gasteiger partial charge in [-0.2, -0.15) is 0 Å². The Morgan fingerprint density at radius 1 is 1.19 bits per heavy atom. The Morgan fingerprint density at radius 3 is 2.62 bits per heavy atom. The lowest BCUT2D eigenvalue weighted by Gasteiger charge is -2.31. The number of hydrogen-bond donors (Lipinski definition) is 1. The van der Waals surface area contributed by atoms with Gasteiger partial charge in [0.15, 0.2) is 5.78 Å². The van der Waals surface area contributed by atoms with E-state index >= 15 is 0 Å². The fourth-order valence-electron chi connectivity index (χ4n) is 3.14. The standard InChI is InChI=1S/C20H23N3O3/c1-26-18-13-15(7-10-21-18)14-22-20(25)23-11-8-17(9-12-23)19(24)16-5-3-2-4-6-16/h2-7,10,13,17H,8-9,11-12,14H2,1H3,(H,22,25). The van der Waals surface area contributed by atoms with E-state index in [-0.39, 0.29) is 17.7 Å². The van der Waals surface area contributed by atoms with Gasteiger partial charge in [0, 0.05) is 43.4 Å². The Morgan fingerprint density at radius 2 is 1.92 bits per heavy atom. The van der Waals surface area contributed by atoms with E-state index in [1.165, 1.54) is 0 Å². The number of hydrogen-bond acceptors (Lipinski definition) is 4. The van der Waals surface area contributed by atoms with Gasteiger partial charge in [-0.3, -0.25) is 4.79 Å². The lowest BCUT2D eigenvalue weighted by atomic mass is 9.89. The van der Waals surface area contributed by atoms with Gasteiger partial charge >= 0.3 is 6.03 Å². The minimum absolute atomic E-state index is 0.00842. The molecule has 3 rings (SSSR count). The summed E-state index contributed by atoms with van der Waals surface area (Å²) >= 11 is 0. The molecule has 0 bridgehead atoms. The fourth-order valence-corrected chi connectivity index (χ4v) is 3.14. The number of likely N-dealkylation sites (tertiary alicyclic amines) is 1. The quantitative estimate of drug-likeness (QED) is 0.839. The topological polar surface area (TPSA) is 71.5 Å². The normalized spacial score (nSPS) is 14.7. The molecule has 136 valence electrons. The molecule has 6 heteroatoms. The first kappa shape index (κ1) is 17.9. The molecule has 0 atom stereocenters. The zero-order valence-electron chi connectivity index (χ0n) is 14.9. The van der Waals surface area contributed by atoms with Gasteiger partial charge in [-0.25, -0.2) is 9.78 Å². The van der Waals surface area contributed by atoms with Crippen molar-refractivity contribution < 1.29 is 14.3 Å². The Hall–Kier alpha value is -2.89. The van der Waals surface area contributed by atoms with E-state index in [9.17, 15) is 9.59 Å². The van der Waals surface area contributed by atoms with Crippen LogP contribution in [0.15, 0.2) is 48.7 Å². The van der Waals surface area contributed by atoms with Crippen LogP contribution in [-0.2, 0) is 6.54 Å². The maximum atomic E-state index is 12.5. The number of rotatable bonds is 5. The molecule has 0 radical (unpaired) electrons. The van der Waals surface area contributed by atoms with Crippen molar-refractivity contribution in [1.29, 1.82) is 0 Å². The Balaban J connectivity index is 1.48. The molecule has 1 aromatic heterocycles.